The van der Waals surface area contributed by atoms with Crippen LogP contribution < -0.4 is 5.32 Å². The van der Waals surface area contributed by atoms with Gasteiger partial charge in [0.25, 0.3) is 0 Å². The van der Waals surface area contributed by atoms with E-state index in [1.807, 2.05) is 22.6 Å². The Morgan fingerprint density at radius 3 is 2.73 bits per heavy atom. The number of nitrogens with one attached hydrogen (secondary N) is 1. The Hall–Kier alpha value is 0.160. The Bertz CT molecular complexity index is 134. The molecule has 0 radical (unpaired) electrons. The highest BCUT2D eigenvalue weighted by Gasteiger charge is 2.21. The first kappa shape index (κ1) is 9.25. The molecule has 0 bridgehead atoms. The average molecular weight is 269 g/mol. The number of hydrogen-bond donors (Lipinski definition) is 1. The molecule has 64 valence electrons. The van der Waals surface area contributed by atoms with Crippen molar-refractivity contribution in [2.24, 2.45) is 5.92 Å². The normalized spacial score (nSPS) is 19.7. The molecule has 1 aliphatic heterocycles. The third-order valence-corrected chi connectivity index (χ3v) is 2.18. The molecule has 1 aliphatic rings. The number of carbonyl (C=O) groups excluding carboxylic acids is 1. The number of carbonyl (C=O) groups is 1. The first-order chi connectivity index (χ1) is 5.34. The number of alkyl halides is 1. The first-order valence-corrected chi connectivity index (χ1v) is 5.30. The Morgan fingerprint density at radius 2 is 2.18 bits per heavy atom. The Labute approximate surface area is 80.0 Å². The number of halogens is 1. The van der Waals surface area contributed by atoms with Gasteiger partial charge in [0.2, 0.25) is 0 Å². The van der Waals surface area contributed by atoms with Crippen molar-refractivity contribution < 1.29 is 9.53 Å². The van der Waals surface area contributed by atoms with Gasteiger partial charge in [-0.2, -0.15) is 0 Å². The van der Waals surface area contributed by atoms with Crippen LogP contribution in [-0.2, 0) is 9.53 Å². The third-order valence-electron chi connectivity index (χ3n) is 1.87. The second kappa shape index (κ2) is 4.92. The van der Waals surface area contributed by atoms with Gasteiger partial charge in [0, 0.05) is 0 Å². The monoisotopic (exact) mass is 269 g/mol. The van der Waals surface area contributed by atoms with E-state index in [4.69, 9.17) is 4.74 Å². The highest BCUT2D eigenvalue weighted by Crippen LogP contribution is 2.13. The molecule has 1 N–H and O–H groups in total. The van der Waals surface area contributed by atoms with Gasteiger partial charge in [-0.1, -0.05) is 0 Å². The molecule has 1 heterocycles. The van der Waals surface area contributed by atoms with Crippen molar-refractivity contribution in [1.82, 2.24) is 5.32 Å². The highest BCUT2D eigenvalue weighted by atomic mass is 127. The summed E-state index contributed by atoms with van der Waals surface area (Å²) < 4.78 is 5.37. The molecule has 1 saturated heterocycles. The molecule has 0 unspecified atom stereocenters. The Kier molecular flexibility index (Phi) is 4.14. The minimum absolute atomic E-state index is 0.0269. The van der Waals surface area contributed by atoms with Crippen molar-refractivity contribution in [1.29, 1.82) is 0 Å². The topological polar surface area (TPSA) is 38.3 Å². The standard InChI is InChI=1S/C7H12INO2/c8-5-11-7(10)6-1-3-9-4-2-6/h6,9H,1-5H2. The summed E-state index contributed by atoms with van der Waals surface area (Å²) in [4.78, 5) is 11.1. The van der Waals surface area contributed by atoms with Crippen molar-refractivity contribution in [3.63, 3.8) is 0 Å². The van der Waals surface area contributed by atoms with Crippen molar-refractivity contribution in [2.45, 2.75) is 12.8 Å². The number of esters is 1. The minimum atomic E-state index is -0.0269. The van der Waals surface area contributed by atoms with E-state index >= 15 is 0 Å². The van der Waals surface area contributed by atoms with E-state index in [1.165, 1.54) is 0 Å². The molecule has 0 aliphatic carbocycles. The predicted molar refractivity (Wildman–Crippen MR) is 50.6 cm³/mol. The van der Waals surface area contributed by atoms with Crippen molar-refractivity contribution in [3.05, 3.63) is 0 Å². The summed E-state index contributed by atoms with van der Waals surface area (Å²) in [5.74, 6) is 0.118. The van der Waals surface area contributed by atoms with Gasteiger partial charge in [0.15, 0.2) is 0 Å². The molecule has 0 aromatic heterocycles. The average Bonchev–Trinajstić information content (AvgIpc) is 2.07. The Morgan fingerprint density at radius 1 is 1.55 bits per heavy atom. The summed E-state index contributed by atoms with van der Waals surface area (Å²) >= 11 is 2.04. The molecule has 1 rings (SSSR count). The van der Waals surface area contributed by atoms with Crippen molar-refractivity contribution >= 4 is 28.6 Å². The van der Waals surface area contributed by atoms with Gasteiger partial charge in [-0.05, 0) is 48.5 Å². The van der Waals surface area contributed by atoms with E-state index in [2.05, 4.69) is 5.32 Å². The largest absolute Gasteiger partial charge is 0.455 e. The maximum absolute atomic E-state index is 11.1. The zero-order valence-electron chi connectivity index (χ0n) is 6.31. The zero-order chi connectivity index (χ0) is 8.10. The van der Waals surface area contributed by atoms with E-state index in [1.54, 1.807) is 0 Å². The zero-order valence-corrected chi connectivity index (χ0v) is 8.46. The molecule has 0 aromatic rings. The smallest absolute Gasteiger partial charge is 0.309 e. The molecule has 0 aromatic carbocycles. The van der Waals surface area contributed by atoms with E-state index in [0.29, 0.717) is 4.61 Å². The fourth-order valence-corrected chi connectivity index (χ4v) is 1.54. The van der Waals surface area contributed by atoms with E-state index in [0.717, 1.165) is 25.9 Å². The van der Waals surface area contributed by atoms with Crippen LogP contribution in [0.5, 0.6) is 0 Å². The fraction of sp³-hybridized carbons (Fsp3) is 0.857. The van der Waals surface area contributed by atoms with Gasteiger partial charge in [0.1, 0.15) is 4.61 Å². The molecular formula is C7H12INO2. The molecule has 3 nitrogen and oxygen atoms in total. The van der Waals surface area contributed by atoms with Gasteiger partial charge in [-0.25, -0.2) is 0 Å². The second-order valence-electron chi connectivity index (χ2n) is 2.60. The van der Waals surface area contributed by atoms with E-state index in [9.17, 15) is 4.79 Å². The molecular weight excluding hydrogens is 257 g/mol. The fourth-order valence-electron chi connectivity index (χ4n) is 1.23. The lowest BCUT2D eigenvalue weighted by atomic mass is 9.99. The van der Waals surface area contributed by atoms with Crippen LogP contribution in [0.15, 0.2) is 0 Å². The van der Waals surface area contributed by atoms with Gasteiger partial charge >= 0.3 is 5.97 Å². The SMILES string of the molecule is O=C(OCI)C1CCNCC1. The van der Waals surface area contributed by atoms with Gasteiger partial charge in [0.05, 0.1) is 5.92 Å². The maximum atomic E-state index is 11.1. The predicted octanol–water partition coefficient (Wildman–Crippen LogP) is 0.922. The molecule has 4 heteroatoms. The molecule has 1 fully saturated rings. The highest BCUT2D eigenvalue weighted by molar-refractivity contribution is 14.1. The van der Waals surface area contributed by atoms with Crippen LogP contribution in [-0.4, -0.2) is 23.7 Å². The van der Waals surface area contributed by atoms with Crippen LogP contribution >= 0.6 is 22.6 Å². The lowest BCUT2D eigenvalue weighted by Crippen LogP contribution is -2.32. The summed E-state index contributed by atoms with van der Waals surface area (Å²) in [5.41, 5.74) is 0. The number of piperidine rings is 1. The summed E-state index contributed by atoms with van der Waals surface area (Å²) in [5, 5.41) is 3.20. The Balaban J connectivity index is 2.27. The van der Waals surface area contributed by atoms with Crippen LogP contribution in [0.4, 0.5) is 0 Å². The van der Waals surface area contributed by atoms with Crippen LogP contribution in [0.3, 0.4) is 0 Å². The first-order valence-electron chi connectivity index (χ1n) is 3.78. The number of ether oxygens (including phenoxy) is 1. The van der Waals surface area contributed by atoms with E-state index in [-0.39, 0.29) is 11.9 Å². The lowest BCUT2D eigenvalue weighted by Gasteiger charge is -2.20. The third kappa shape index (κ3) is 2.94. The van der Waals surface area contributed by atoms with Crippen LogP contribution in [0.25, 0.3) is 0 Å². The van der Waals surface area contributed by atoms with Crippen molar-refractivity contribution in [2.75, 3.05) is 17.7 Å². The lowest BCUT2D eigenvalue weighted by molar-refractivity contribution is -0.146. The molecule has 0 atom stereocenters. The minimum Gasteiger partial charge on any atom is -0.455 e. The summed E-state index contributed by atoms with van der Waals surface area (Å²) in [6.07, 6.45) is 1.85. The maximum Gasteiger partial charge on any atom is 0.309 e. The molecule has 0 saturated carbocycles. The second-order valence-corrected chi connectivity index (χ2v) is 3.22. The molecule has 0 amide bonds. The summed E-state index contributed by atoms with van der Waals surface area (Å²) in [7, 11) is 0. The van der Waals surface area contributed by atoms with Gasteiger partial charge < -0.3 is 10.1 Å². The number of hydrogen-bond acceptors (Lipinski definition) is 3. The van der Waals surface area contributed by atoms with Gasteiger partial charge in [-0.3, -0.25) is 4.79 Å². The van der Waals surface area contributed by atoms with Crippen molar-refractivity contribution in [3.8, 4) is 0 Å². The molecule has 0 spiro atoms. The van der Waals surface area contributed by atoms with Gasteiger partial charge in [-0.15, -0.1) is 0 Å². The quantitative estimate of drug-likeness (QED) is 0.460. The molecule has 11 heavy (non-hydrogen) atoms. The van der Waals surface area contributed by atoms with Crippen LogP contribution in [0.2, 0.25) is 0 Å². The van der Waals surface area contributed by atoms with Crippen LogP contribution in [0.1, 0.15) is 12.8 Å². The van der Waals surface area contributed by atoms with Crippen LogP contribution in [0, 0.1) is 5.92 Å². The summed E-state index contributed by atoms with van der Waals surface area (Å²) in [6.45, 7) is 1.89. The summed E-state index contributed by atoms with van der Waals surface area (Å²) in [6, 6.07) is 0. The van der Waals surface area contributed by atoms with E-state index < -0.39 is 0 Å². The number of rotatable bonds is 2.